The predicted molar refractivity (Wildman–Crippen MR) is 176 cm³/mol. The Morgan fingerprint density at radius 2 is 1.38 bits per heavy atom. The Labute approximate surface area is 439 Å². The van der Waals surface area contributed by atoms with Crippen LogP contribution in [0.5, 0.6) is 11.5 Å². The first-order chi connectivity index (χ1) is 25.5. The summed E-state index contributed by atoms with van der Waals surface area (Å²) < 4.78 is 130. The Balaban J connectivity index is 0.00000696. The molecule has 301 valence electrons. The number of fused-ring (bicyclic) bond motifs is 1. The second kappa shape index (κ2) is 23.1. The molecule has 0 saturated heterocycles. The number of benzene rings is 4. The van der Waals surface area contributed by atoms with Crippen molar-refractivity contribution < 1.29 is 212 Å². The van der Waals surface area contributed by atoms with Gasteiger partial charge in [-0.05, 0) is 60.0 Å². The third-order valence-electron chi connectivity index (χ3n) is 7.23. The largest absolute Gasteiger partial charge is 1.00 e. The molecule has 1 aliphatic rings. The summed E-state index contributed by atoms with van der Waals surface area (Å²) in [6, 6.07) is 8.40. The van der Waals surface area contributed by atoms with Crippen molar-refractivity contribution in [1.29, 1.82) is 0 Å². The van der Waals surface area contributed by atoms with Gasteiger partial charge in [-0.3, -0.25) is 8.98 Å². The van der Waals surface area contributed by atoms with Crippen molar-refractivity contribution in [1.82, 2.24) is 0 Å². The summed E-state index contributed by atoms with van der Waals surface area (Å²) >= 11 is 0. The van der Waals surface area contributed by atoms with Crippen molar-refractivity contribution in [3.8, 4) is 11.5 Å². The van der Waals surface area contributed by atoms with Crippen LogP contribution in [-0.4, -0.2) is 93.5 Å². The molecule has 60 heavy (non-hydrogen) atoms. The molecule has 0 aliphatic carbocycles. The van der Waals surface area contributed by atoms with Gasteiger partial charge in [0, 0.05) is 28.5 Å². The molecule has 1 aliphatic heterocycles. The number of hydrogen-bond acceptors (Lipinski definition) is 22. The monoisotopic (exact) mass is 993 g/mol. The molecule has 0 spiro atoms. The van der Waals surface area contributed by atoms with Gasteiger partial charge in [-0.1, -0.05) is 6.07 Å². The van der Waals surface area contributed by atoms with Crippen molar-refractivity contribution in [2.75, 3.05) is 17.4 Å². The van der Waals surface area contributed by atoms with Gasteiger partial charge < -0.3 is 33.8 Å². The number of aliphatic carboxylic acids is 1. The number of carbonyl (C=O) groups is 2. The number of anilines is 1. The summed E-state index contributed by atoms with van der Waals surface area (Å²) in [4.78, 5) is 22.5. The zero-order valence-corrected chi connectivity index (χ0v) is 43.2. The van der Waals surface area contributed by atoms with Crippen LogP contribution in [0.2, 0.25) is 0 Å². The van der Waals surface area contributed by atoms with Crippen molar-refractivity contribution in [2.45, 2.75) is 20.7 Å². The molecule has 4 aromatic carbocycles. The molecule has 4 aromatic rings. The second-order valence-corrected chi connectivity index (χ2v) is 16.7. The van der Waals surface area contributed by atoms with E-state index in [9.17, 15) is 72.2 Å². The Bertz CT molecular complexity index is 2840. The fourth-order valence-corrected chi connectivity index (χ4v) is 7.30. The number of amides is 1. The molecule has 5 rings (SSSR count). The molecule has 0 aromatic heterocycles. The Kier molecular flexibility index (Phi) is 22.6. The van der Waals surface area contributed by atoms with Crippen molar-refractivity contribution in [3.63, 3.8) is 0 Å². The van der Waals surface area contributed by atoms with Crippen molar-refractivity contribution >= 4 is 91.6 Å². The minimum Gasteiger partial charge on any atom is -0.744 e. The van der Waals surface area contributed by atoms with Crippen molar-refractivity contribution in [3.05, 3.63) is 66.7 Å². The van der Waals surface area contributed by atoms with Crippen LogP contribution in [0.3, 0.4) is 0 Å². The fourth-order valence-electron chi connectivity index (χ4n) is 4.69. The number of rotatable bonds is 13. The van der Waals surface area contributed by atoms with Crippen LogP contribution in [-0.2, 0) is 71.3 Å². The number of phenolic OH excluding ortho intramolecular Hbond substituents is 2. The Morgan fingerprint density at radius 3 is 1.92 bits per heavy atom. The molecule has 0 bridgehead atoms. The van der Waals surface area contributed by atoms with Gasteiger partial charge in [0.15, 0.2) is 21.6 Å². The molecule has 2 N–H and O–H groups in total. The number of carboxylic acid groups (broad SMARTS) is 1. The van der Waals surface area contributed by atoms with E-state index in [1.807, 2.05) is 0 Å². The van der Waals surface area contributed by atoms with E-state index >= 15 is 0 Å². The van der Waals surface area contributed by atoms with Gasteiger partial charge in [0.1, 0.15) is 43.1 Å². The fraction of sp³-hybridized carbons (Fsp3) is 0.107. The molecule has 1 unspecified atom stereocenters. The van der Waals surface area contributed by atoms with Crippen LogP contribution in [0.15, 0.2) is 107 Å². The summed E-state index contributed by atoms with van der Waals surface area (Å²) in [7, 11) is -19.7. The number of nitrogens with zero attached hydrogens (tertiary/aromatic N) is 6. The van der Waals surface area contributed by atoms with Crippen LogP contribution < -0.4 is 128 Å². The summed E-state index contributed by atoms with van der Waals surface area (Å²) in [5.41, 5.74) is -2.71. The summed E-state index contributed by atoms with van der Waals surface area (Å²) in [5, 5.41) is 51.7. The minimum atomic E-state index is -5.38. The SMILES string of the molecule is O=C([O-])C1=NN(c2ccc(S(=O)(=O)[O-])cc2)C(=O)C1N=Nc1ccc2cc(S(=O)(=O)[O-])c(N=Nc3ccc(S(=O)(=O)CCOS(=O)(=O)[O-])cc3O)c(O)c2c1.[Cu].[Na+].[Na+].[Na+].[Na+]. The maximum atomic E-state index is 13.1. The zero-order chi connectivity index (χ0) is 40.7. The van der Waals surface area contributed by atoms with Crippen molar-refractivity contribution in [2.24, 2.45) is 25.6 Å². The van der Waals surface area contributed by atoms with Crippen LogP contribution >= 0.6 is 0 Å². The minimum absolute atomic E-state index is 0. The van der Waals surface area contributed by atoms with E-state index in [0.29, 0.717) is 11.1 Å². The van der Waals surface area contributed by atoms with E-state index in [-0.39, 0.29) is 157 Å². The first-order valence-electron chi connectivity index (χ1n) is 14.4. The number of azo groups is 2. The molecule has 32 heteroatoms. The average molecular weight is 994 g/mol. The van der Waals surface area contributed by atoms with E-state index in [2.05, 4.69) is 29.7 Å². The van der Waals surface area contributed by atoms with Crippen LogP contribution in [0.1, 0.15) is 0 Å². The van der Waals surface area contributed by atoms with Gasteiger partial charge in [-0.25, -0.2) is 33.7 Å². The van der Waals surface area contributed by atoms with E-state index in [4.69, 9.17) is 0 Å². The van der Waals surface area contributed by atoms with E-state index < -0.39 is 114 Å². The van der Waals surface area contributed by atoms with Crippen LogP contribution in [0.25, 0.3) is 10.8 Å². The molecular formula is C28H18CuN6Na4O17S4. The maximum Gasteiger partial charge on any atom is 1.00 e. The Morgan fingerprint density at radius 1 is 0.783 bits per heavy atom. The number of hydrazone groups is 1. The van der Waals surface area contributed by atoms with E-state index in [0.717, 1.165) is 54.6 Å². The standard InChI is InChI=1S/C28H22N6O17S4.Cu.4Na/c35-21-13-18(52(40,41)10-9-51-55(48,49)50)7-8-20(21)30-31-23-22(54(45,46)47)11-14-1-2-15(12-19(14)26(23)36)29-32-24-25(28(38)39)33-34(27(24)37)16-3-5-17(6-4-16)53(42,43)44;;;;;/h1-8,11-13,24,35-36H,9-10H2,(H,38,39)(H,42,43,44)(H,45,46,47)(H,48,49,50);;;;;/q;;4*+1/p-4. The quantitative estimate of drug-likeness (QED) is 0.0543. The first-order valence-corrected chi connectivity index (χ1v) is 20.2. The third-order valence-corrected chi connectivity index (χ3v) is 11.1. The summed E-state index contributed by atoms with van der Waals surface area (Å²) in [6.07, 6.45) is 0. The van der Waals surface area contributed by atoms with Gasteiger partial charge >= 0.3 is 118 Å². The number of phenols is 2. The molecular weight excluding hydrogens is 976 g/mol. The number of sulfone groups is 1. The molecule has 0 fully saturated rings. The normalized spacial score (nSPS) is 14.4. The predicted octanol–water partition coefficient (Wildman–Crippen LogP) is -11.7. The van der Waals surface area contributed by atoms with Gasteiger partial charge in [-0.15, -0.1) is 10.2 Å². The number of carbonyl (C=O) groups excluding carboxylic acids is 2. The topological polar surface area (TPSA) is 378 Å². The number of carboxylic acids is 1. The number of aromatic hydroxyl groups is 2. The summed E-state index contributed by atoms with van der Waals surface area (Å²) in [5.74, 6) is -5.86. The van der Waals surface area contributed by atoms with Crippen LogP contribution in [0.4, 0.5) is 22.7 Å². The smallest absolute Gasteiger partial charge is 0.744 e. The molecule has 23 nitrogen and oxygen atoms in total. The van der Waals surface area contributed by atoms with E-state index in [1.165, 1.54) is 6.07 Å². The molecule has 1 atom stereocenters. The number of hydrogen-bond donors (Lipinski definition) is 2. The first kappa shape index (κ1) is 58.7. The van der Waals surface area contributed by atoms with Gasteiger partial charge in [0.2, 0.25) is 10.4 Å². The molecule has 1 heterocycles. The second-order valence-electron chi connectivity index (χ2n) is 10.8. The Hall–Kier alpha value is -1.29. The van der Waals surface area contributed by atoms with Gasteiger partial charge in [0.25, 0.3) is 5.91 Å². The van der Waals surface area contributed by atoms with E-state index in [1.54, 1.807) is 0 Å². The van der Waals surface area contributed by atoms with Crippen LogP contribution in [0, 0.1) is 0 Å². The zero-order valence-electron chi connectivity index (χ0n) is 31.0. The maximum absolute atomic E-state index is 13.1. The molecule has 1 radical (unpaired) electrons. The summed E-state index contributed by atoms with van der Waals surface area (Å²) in [6.45, 7) is -1.03. The third kappa shape index (κ3) is 14.4. The molecule has 1 amide bonds. The average Bonchev–Trinajstić information content (AvgIpc) is 3.41. The molecule has 0 saturated carbocycles. The van der Waals surface area contributed by atoms with Gasteiger partial charge in [0.05, 0.1) is 44.4 Å². The van der Waals surface area contributed by atoms with Gasteiger partial charge in [-0.2, -0.15) is 20.3 Å².